The number of aromatic nitrogens is 1. The van der Waals surface area contributed by atoms with Crippen LogP contribution < -0.4 is 9.46 Å². The molecule has 0 amide bonds. The Bertz CT molecular complexity index is 1080. The van der Waals surface area contributed by atoms with Crippen molar-refractivity contribution in [2.75, 3.05) is 4.72 Å². The second kappa shape index (κ2) is 8.42. The Kier molecular flexibility index (Phi) is 6.17. The maximum atomic E-state index is 14.5. The van der Waals surface area contributed by atoms with Crippen molar-refractivity contribution in [3.8, 4) is 5.75 Å². The van der Waals surface area contributed by atoms with Crippen molar-refractivity contribution in [1.82, 2.24) is 4.98 Å². The maximum Gasteiger partial charge on any atom is 0.266 e. The highest BCUT2D eigenvalue weighted by Gasteiger charge is 2.24. The van der Waals surface area contributed by atoms with Crippen molar-refractivity contribution in [2.24, 2.45) is 0 Å². The van der Waals surface area contributed by atoms with Gasteiger partial charge in [0.15, 0.2) is 5.82 Å². The molecule has 0 aliphatic rings. The molecule has 1 heterocycles. The van der Waals surface area contributed by atoms with Gasteiger partial charge in [0, 0.05) is 17.0 Å². The fraction of sp³-hybridized carbons (Fsp3) is 0.167. The minimum atomic E-state index is -4.23. The number of anilines is 1. The molecule has 148 valence electrons. The zero-order valence-corrected chi connectivity index (χ0v) is 16.9. The first kappa shape index (κ1) is 20.5. The molecule has 0 aliphatic carbocycles. The third-order valence-electron chi connectivity index (χ3n) is 3.84. The summed E-state index contributed by atoms with van der Waals surface area (Å²) in [5.74, 6) is -1.52. The minimum Gasteiger partial charge on any atom is -0.484 e. The zero-order chi connectivity index (χ0) is 20.3. The summed E-state index contributed by atoms with van der Waals surface area (Å²) in [4.78, 5) is 3.16. The van der Waals surface area contributed by atoms with E-state index < -0.39 is 32.7 Å². The van der Waals surface area contributed by atoms with Gasteiger partial charge in [-0.15, -0.1) is 11.3 Å². The lowest BCUT2D eigenvalue weighted by molar-refractivity contribution is 0.195. The van der Waals surface area contributed by atoms with E-state index in [0.29, 0.717) is 12.0 Å². The van der Waals surface area contributed by atoms with Crippen LogP contribution in [0.4, 0.5) is 14.6 Å². The number of ether oxygens (including phenoxy) is 1. The highest BCUT2D eigenvalue weighted by Crippen LogP contribution is 2.35. The molecule has 0 spiro atoms. The van der Waals surface area contributed by atoms with E-state index in [1.54, 1.807) is 25.1 Å². The molecule has 1 aromatic heterocycles. The lowest BCUT2D eigenvalue weighted by atomic mass is 10.1. The van der Waals surface area contributed by atoms with Crippen LogP contribution in [0.1, 0.15) is 25.0 Å². The number of nitrogens with zero attached hydrogens (tertiary/aromatic N) is 1. The minimum absolute atomic E-state index is 0.0754. The third-order valence-corrected chi connectivity index (χ3v) is 6.09. The monoisotopic (exact) mass is 444 g/mol. The van der Waals surface area contributed by atoms with Crippen LogP contribution >= 0.6 is 22.9 Å². The van der Waals surface area contributed by atoms with Gasteiger partial charge < -0.3 is 4.74 Å². The van der Waals surface area contributed by atoms with Crippen molar-refractivity contribution >= 4 is 38.8 Å². The Morgan fingerprint density at radius 2 is 2.00 bits per heavy atom. The molecule has 10 heteroatoms. The molecule has 0 radical (unpaired) electrons. The van der Waals surface area contributed by atoms with Gasteiger partial charge in [-0.05, 0) is 18.6 Å². The zero-order valence-electron chi connectivity index (χ0n) is 14.5. The number of thiazole rings is 1. The van der Waals surface area contributed by atoms with Crippen molar-refractivity contribution in [3.63, 3.8) is 0 Å². The van der Waals surface area contributed by atoms with Gasteiger partial charge in [0.25, 0.3) is 10.0 Å². The van der Waals surface area contributed by atoms with E-state index in [0.717, 1.165) is 12.1 Å². The molecule has 1 atom stereocenters. The van der Waals surface area contributed by atoms with Crippen molar-refractivity contribution in [3.05, 3.63) is 69.5 Å². The van der Waals surface area contributed by atoms with Gasteiger partial charge in [0.2, 0.25) is 0 Å². The van der Waals surface area contributed by atoms with E-state index in [1.165, 1.54) is 28.3 Å². The number of sulfonamides is 1. The number of halogens is 3. The lowest BCUT2D eigenvalue weighted by Gasteiger charge is -2.20. The van der Waals surface area contributed by atoms with Gasteiger partial charge in [0.1, 0.15) is 28.4 Å². The number of rotatable bonds is 7. The first-order valence-electron chi connectivity index (χ1n) is 8.13. The van der Waals surface area contributed by atoms with E-state index in [1.807, 2.05) is 0 Å². The molecule has 0 aliphatic heterocycles. The van der Waals surface area contributed by atoms with Gasteiger partial charge in [-0.3, -0.25) is 4.72 Å². The van der Waals surface area contributed by atoms with Gasteiger partial charge in [-0.2, -0.15) is 0 Å². The quantitative estimate of drug-likeness (QED) is 0.529. The van der Waals surface area contributed by atoms with Crippen molar-refractivity contribution in [1.29, 1.82) is 0 Å². The van der Waals surface area contributed by atoms with Gasteiger partial charge >= 0.3 is 0 Å². The van der Waals surface area contributed by atoms with Crippen molar-refractivity contribution < 1.29 is 21.9 Å². The Balaban J connectivity index is 1.90. The average Bonchev–Trinajstić information content (AvgIpc) is 3.15. The molecule has 5 nitrogen and oxygen atoms in total. The normalized spacial score (nSPS) is 12.6. The first-order valence-corrected chi connectivity index (χ1v) is 10.9. The molecular weight excluding hydrogens is 430 g/mol. The fourth-order valence-electron chi connectivity index (χ4n) is 2.52. The molecule has 3 aromatic rings. The highest BCUT2D eigenvalue weighted by molar-refractivity contribution is 7.92. The maximum absolute atomic E-state index is 14.5. The second-order valence-corrected chi connectivity index (χ2v) is 8.51. The molecule has 0 saturated carbocycles. The smallest absolute Gasteiger partial charge is 0.266 e. The van der Waals surface area contributed by atoms with E-state index in [9.17, 15) is 17.2 Å². The largest absolute Gasteiger partial charge is 0.484 e. The lowest BCUT2D eigenvalue weighted by Crippen LogP contribution is -2.15. The Labute approximate surface area is 170 Å². The fourth-order valence-corrected chi connectivity index (χ4v) is 4.44. The van der Waals surface area contributed by atoms with Crippen molar-refractivity contribution in [2.45, 2.75) is 24.3 Å². The molecule has 1 unspecified atom stereocenters. The van der Waals surface area contributed by atoms with Crippen LogP contribution in [0.25, 0.3) is 0 Å². The Hall–Kier alpha value is -2.23. The van der Waals surface area contributed by atoms with Crippen LogP contribution in [0.2, 0.25) is 5.02 Å². The summed E-state index contributed by atoms with van der Waals surface area (Å²) in [6, 6.07) is 7.89. The topological polar surface area (TPSA) is 68.3 Å². The van der Waals surface area contributed by atoms with Gasteiger partial charge in [-0.25, -0.2) is 22.2 Å². The molecule has 0 saturated heterocycles. The average molecular weight is 445 g/mol. The Morgan fingerprint density at radius 3 is 2.64 bits per heavy atom. The number of nitrogens with one attached hydrogen (secondary N) is 1. The predicted molar refractivity (Wildman–Crippen MR) is 104 cm³/mol. The van der Waals surface area contributed by atoms with Crippen LogP contribution in [0.3, 0.4) is 0 Å². The summed E-state index contributed by atoms with van der Waals surface area (Å²) in [5.41, 5.74) is 1.73. The Morgan fingerprint density at radius 1 is 1.25 bits per heavy atom. The van der Waals surface area contributed by atoms with Crippen LogP contribution in [-0.4, -0.2) is 13.4 Å². The molecule has 2 aromatic carbocycles. The summed E-state index contributed by atoms with van der Waals surface area (Å²) in [6.07, 6.45) is -0.321. The number of hydrogen-bond donors (Lipinski definition) is 1. The van der Waals surface area contributed by atoms with Crippen LogP contribution in [0.15, 0.2) is 52.2 Å². The summed E-state index contributed by atoms with van der Waals surface area (Å²) in [5, 5.41) is 1.35. The standard InChI is InChI=1S/C18H15ClF2N2O3S2/c1-2-15(11-5-3-4-6-13(11)20)26-16-8-14(21)17(7-12(16)19)28(24,25)23-18-9-27-10-22-18/h3-10,15,23H,2H2,1H3. The van der Waals surface area contributed by atoms with Gasteiger partial charge in [-0.1, -0.05) is 36.7 Å². The summed E-state index contributed by atoms with van der Waals surface area (Å²) >= 11 is 7.31. The third kappa shape index (κ3) is 4.43. The summed E-state index contributed by atoms with van der Waals surface area (Å²) in [7, 11) is -4.23. The van der Waals surface area contributed by atoms with E-state index in [2.05, 4.69) is 9.71 Å². The van der Waals surface area contributed by atoms with Crippen LogP contribution in [0.5, 0.6) is 5.75 Å². The highest BCUT2D eigenvalue weighted by atomic mass is 35.5. The summed E-state index contributed by atoms with van der Waals surface area (Å²) < 4.78 is 61.2. The van der Waals surface area contributed by atoms with E-state index >= 15 is 0 Å². The molecule has 0 fully saturated rings. The molecule has 3 rings (SSSR count). The number of benzene rings is 2. The molecule has 28 heavy (non-hydrogen) atoms. The van der Waals surface area contributed by atoms with Crippen LogP contribution in [-0.2, 0) is 10.0 Å². The molecular formula is C18H15ClF2N2O3S2. The predicted octanol–water partition coefficient (Wildman–Crippen LogP) is 5.41. The van der Waals surface area contributed by atoms with Crippen LogP contribution in [0, 0.1) is 11.6 Å². The molecule has 1 N–H and O–H groups in total. The van der Waals surface area contributed by atoms with E-state index in [4.69, 9.17) is 16.3 Å². The SMILES string of the molecule is CCC(Oc1cc(F)c(S(=O)(=O)Nc2cscn2)cc1Cl)c1ccccc1F. The second-order valence-electron chi connectivity index (χ2n) is 5.73. The van der Waals surface area contributed by atoms with E-state index in [-0.39, 0.29) is 16.6 Å². The van der Waals surface area contributed by atoms with Gasteiger partial charge in [0.05, 0.1) is 10.5 Å². The molecule has 0 bridgehead atoms. The first-order chi connectivity index (χ1) is 13.3. The summed E-state index contributed by atoms with van der Waals surface area (Å²) in [6.45, 7) is 1.78. The number of hydrogen-bond acceptors (Lipinski definition) is 5.